The zero-order chi connectivity index (χ0) is 23.8. The van der Waals surface area contributed by atoms with Crippen molar-refractivity contribution < 1.29 is 9.90 Å². The van der Waals surface area contributed by atoms with Crippen LogP contribution in [0.5, 0.6) is 0 Å². The van der Waals surface area contributed by atoms with Crippen molar-refractivity contribution in [3.8, 4) is 6.07 Å². The van der Waals surface area contributed by atoms with E-state index in [0.717, 1.165) is 16.7 Å². The molecule has 33 heavy (non-hydrogen) atoms. The van der Waals surface area contributed by atoms with Crippen LogP contribution < -0.4 is 5.32 Å². The minimum atomic E-state index is -0.955. The SMILES string of the molecule is CC(C)(C)N(CCNC(c1cccc(C#N)c1)C(c1cccnc1)c1cccnc1)C(=O)O. The number of nitriles is 1. The number of nitrogens with one attached hydrogen (secondary N) is 1. The summed E-state index contributed by atoms with van der Waals surface area (Å²) in [5.41, 5.74) is 2.98. The first kappa shape index (κ1) is 23.9. The van der Waals surface area contributed by atoms with Crippen LogP contribution in [0, 0.1) is 11.3 Å². The predicted molar refractivity (Wildman–Crippen MR) is 127 cm³/mol. The number of hydrogen-bond donors (Lipinski definition) is 2. The second kappa shape index (κ2) is 10.7. The molecule has 1 atom stereocenters. The lowest BCUT2D eigenvalue weighted by Crippen LogP contribution is -2.48. The molecule has 3 aromatic rings. The average molecular weight is 444 g/mol. The maximum absolute atomic E-state index is 11.8. The van der Waals surface area contributed by atoms with Gasteiger partial charge in [-0.25, -0.2) is 4.79 Å². The van der Waals surface area contributed by atoms with Crippen LogP contribution in [0.4, 0.5) is 4.79 Å². The Morgan fingerprint density at radius 2 is 1.67 bits per heavy atom. The standard InChI is InChI=1S/C26H29N5O2/c1-26(2,3)31(25(32)33)14-13-30-24(20-8-4-7-19(15-20)16-27)23(21-9-5-11-28-17-21)22-10-6-12-29-18-22/h4-12,15,17-18,23-24,30H,13-14H2,1-3H3,(H,32,33). The Kier molecular flexibility index (Phi) is 7.75. The number of nitrogens with zero attached hydrogens (tertiary/aromatic N) is 4. The second-order valence-electron chi connectivity index (χ2n) is 8.82. The van der Waals surface area contributed by atoms with Gasteiger partial charge in [-0.15, -0.1) is 0 Å². The van der Waals surface area contributed by atoms with E-state index in [9.17, 15) is 15.2 Å². The second-order valence-corrected chi connectivity index (χ2v) is 8.82. The number of carbonyl (C=O) groups is 1. The van der Waals surface area contributed by atoms with E-state index in [2.05, 4.69) is 21.4 Å². The topological polar surface area (TPSA) is 102 Å². The predicted octanol–water partition coefficient (Wildman–Crippen LogP) is 4.59. The van der Waals surface area contributed by atoms with Crippen molar-refractivity contribution in [3.63, 3.8) is 0 Å². The minimum absolute atomic E-state index is 0.144. The first-order valence-corrected chi connectivity index (χ1v) is 10.8. The fraction of sp³-hybridized carbons (Fsp3) is 0.308. The number of aromatic nitrogens is 2. The molecule has 0 fully saturated rings. The van der Waals surface area contributed by atoms with Crippen molar-refractivity contribution in [2.24, 2.45) is 0 Å². The molecular weight excluding hydrogens is 414 g/mol. The van der Waals surface area contributed by atoms with Crippen LogP contribution in [0.1, 0.15) is 55.0 Å². The lowest BCUT2D eigenvalue weighted by molar-refractivity contribution is 0.100. The van der Waals surface area contributed by atoms with Gasteiger partial charge >= 0.3 is 6.09 Å². The van der Waals surface area contributed by atoms with E-state index >= 15 is 0 Å². The number of amides is 1. The third-order valence-electron chi connectivity index (χ3n) is 5.54. The molecule has 7 heteroatoms. The smallest absolute Gasteiger partial charge is 0.407 e. The van der Waals surface area contributed by atoms with Gasteiger partial charge in [0.05, 0.1) is 11.6 Å². The number of hydrogen-bond acceptors (Lipinski definition) is 5. The molecule has 0 saturated heterocycles. The molecule has 1 unspecified atom stereocenters. The first-order chi connectivity index (χ1) is 15.8. The number of rotatable bonds is 8. The highest BCUT2D eigenvalue weighted by atomic mass is 16.4. The molecule has 0 aliphatic rings. The van der Waals surface area contributed by atoms with Crippen LogP contribution in [0.3, 0.4) is 0 Å². The molecule has 1 amide bonds. The third kappa shape index (κ3) is 6.15. The zero-order valence-electron chi connectivity index (χ0n) is 19.1. The lowest BCUT2D eigenvalue weighted by atomic mass is 9.82. The Morgan fingerprint density at radius 3 is 2.15 bits per heavy atom. The van der Waals surface area contributed by atoms with Crippen molar-refractivity contribution in [2.45, 2.75) is 38.3 Å². The summed E-state index contributed by atoms with van der Waals surface area (Å²) >= 11 is 0. The molecule has 170 valence electrons. The van der Waals surface area contributed by atoms with E-state index < -0.39 is 11.6 Å². The van der Waals surface area contributed by atoms with Crippen LogP contribution in [-0.2, 0) is 0 Å². The van der Waals surface area contributed by atoms with E-state index in [0.29, 0.717) is 18.7 Å². The summed E-state index contributed by atoms with van der Waals surface area (Å²) in [4.78, 5) is 21.9. The zero-order valence-corrected chi connectivity index (χ0v) is 19.1. The van der Waals surface area contributed by atoms with Crippen LogP contribution in [0.2, 0.25) is 0 Å². The lowest BCUT2D eigenvalue weighted by Gasteiger charge is -2.35. The van der Waals surface area contributed by atoms with E-state index in [1.165, 1.54) is 4.90 Å². The number of benzene rings is 1. The van der Waals surface area contributed by atoms with E-state index in [4.69, 9.17) is 0 Å². The highest BCUT2D eigenvalue weighted by Crippen LogP contribution is 2.36. The van der Waals surface area contributed by atoms with Gasteiger partial charge in [0.1, 0.15) is 0 Å². The summed E-state index contributed by atoms with van der Waals surface area (Å²) in [7, 11) is 0. The van der Waals surface area contributed by atoms with Crippen molar-refractivity contribution in [1.82, 2.24) is 20.2 Å². The molecule has 0 aliphatic heterocycles. The van der Waals surface area contributed by atoms with Gasteiger partial charge in [0.25, 0.3) is 0 Å². The van der Waals surface area contributed by atoms with Crippen LogP contribution in [0.15, 0.2) is 73.3 Å². The molecular formula is C26H29N5O2. The van der Waals surface area contributed by atoms with Crippen LogP contribution >= 0.6 is 0 Å². The van der Waals surface area contributed by atoms with Gasteiger partial charge in [-0.1, -0.05) is 24.3 Å². The quantitative estimate of drug-likeness (QED) is 0.528. The Balaban J connectivity index is 2.01. The van der Waals surface area contributed by atoms with Gasteiger partial charge in [-0.2, -0.15) is 5.26 Å². The Labute approximate surface area is 194 Å². The normalized spacial score (nSPS) is 12.2. The molecule has 2 heterocycles. The molecule has 0 radical (unpaired) electrons. The summed E-state index contributed by atoms with van der Waals surface area (Å²) in [5.74, 6) is -0.144. The Hall–Kier alpha value is -3.76. The minimum Gasteiger partial charge on any atom is -0.465 e. The number of pyridine rings is 2. The number of carboxylic acid groups (broad SMARTS) is 1. The molecule has 0 saturated carbocycles. The molecule has 2 aromatic heterocycles. The Bertz CT molecular complexity index is 1050. The van der Waals surface area contributed by atoms with Crippen LogP contribution in [0.25, 0.3) is 0 Å². The van der Waals surface area contributed by atoms with Gasteiger partial charge in [-0.3, -0.25) is 9.97 Å². The fourth-order valence-electron chi connectivity index (χ4n) is 3.98. The summed E-state index contributed by atoms with van der Waals surface area (Å²) < 4.78 is 0. The molecule has 0 bridgehead atoms. The molecule has 3 rings (SSSR count). The largest absolute Gasteiger partial charge is 0.465 e. The summed E-state index contributed by atoms with van der Waals surface area (Å²) in [6, 6.07) is 17.3. The summed E-state index contributed by atoms with van der Waals surface area (Å²) in [5, 5.41) is 22.7. The Morgan fingerprint density at radius 1 is 1.06 bits per heavy atom. The molecule has 7 nitrogen and oxygen atoms in total. The maximum atomic E-state index is 11.8. The van der Waals surface area contributed by atoms with E-state index in [-0.39, 0.29) is 12.0 Å². The van der Waals surface area contributed by atoms with Crippen molar-refractivity contribution in [3.05, 3.63) is 95.6 Å². The molecule has 0 spiro atoms. The maximum Gasteiger partial charge on any atom is 0.407 e. The molecule has 2 N–H and O–H groups in total. The van der Waals surface area contributed by atoms with Gasteiger partial charge in [0.15, 0.2) is 0 Å². The van der Waals surface area contributed by atoms with Gasteiger partial charge < -0.3 is 15.3 Å². The molecule has 0 aliphatic carbocycles. The monoisotopic (exact) mass is 443 g/mol. The summed E-state index contributed by atoms with van der Waals surface area (Å²) in [6.45, 7) is 6.39. The first-order valence-electron chi connectivity index (χ1n) is 10.8. The van der Waals surface area contributed by atoms with Crippen molar-refractivity contribution in [2.75, 3.05) is 13.1 Å². The van der Waals surface area contributed by atoms with Crippen molar-refractivity contribution >= 4 is 6.09 Å². The third-order valence-corrected chi connectivity index (χ3v) is 5.54. The highest BCUT2D eigenvalue weighted by molar-refractivity contribution is 5.66. The summed E-state index contributed by atoms with van der Waals surface area (Å²) in [6.07, 6.45) is 6.18. The highest BCUT2D eigenvalue weighted by Gasteiger charge is 2.29. The fourth-order valence-corrected chi connectivity index (χ4v) is 3.98. The van der Waals surface area contributed by atoms with Crippen molar-refractivity contribution in [1.29, 1.82) is 5.26 Å². The van der Waals surface area contributed by atoms with Gasteiger partial charge in [-0.05, 0) is 61.7 Å². The van der Waals surface area contributed by atoms with Crippen LogP contribution in [-0.4, -0.2) is 44.7 Å². The van der Waals surface area contributed by atoms with E-state index in [1.807, 2.05) is 75.6 Å². The van der Waals surface area contributed by atoms with Gasteiger partial charge in [0.2, 0.25) is 0 Å². The molecule has 1 aromatic carbocycles. The van der Waals surface area contributed by atoms with Gasteiger partial charge in [0, 0.05) is 55.4 Å². The average Bonchev–Trinajstić information content (AvgIpc) is 2.81. The van der Waals surface area contributed by atoms with E-state index in [1.54, 1.807) is 18.5 Å².